The van der Waals surface area contributed by atoms with Crippen molar-refractivity contribution in [2.75, 3.05) is 6.61 Å². The zero-order chi connectivity index (χ0) is 9.35. The van der Waals surface area contributed by atoms with E-state index in [2.05, 4.69) is 9.05 Å². The zero-order valence-electron chi connectivity index (χ0n) is 5.90. The molecule has 0 aromatic heterocycles. The summed E-state index contributed by atoms with van der Waals surface area (Å²) < 4.78 is 19.0. The van der Waals surface area contributed by atoms with Crippen molar-refractivity contribution in [3.8, 4) is 0 Å². The monoisotopic (exact) mass is 200 g/mol. The van der Waals surface area contributed by atoms with Crippen LogP contribution in [0.3, 0.4) is 0 Å². The van der Waals surface area contributed by atoms with Crippen molar-refractivity contribution in [3.63, 3.8) is 0 Å². The van der Waals surface area contributed by atoms with Gasteiger partial charge in [-0.05, 0) is 0 Å². The smallest absolute Gasteiger partial charge is 0.388 e. The van der Waals surface area contributed by atoms with Gasteiger partial charge in [0.1, 0.15) is 12.2 Å². The molecule has 0 aromatic rings. The van der Waals surface area contributed by atoms with Gasteiger partial charge in [0.05, 0.1) is 6.61 Å². The minimum Gasteiger partial charge on any atom is -0.388 e. The summed E-state index contributed by atoms with van der Waals surface area (Å²) in [6.45, 7) is -0.462. The number of aliphatic hydroxyl groups excluding tert-OH is 2. The highest BCUT2D eigenvalue weighted by atomic mass is 31.2. The SMILES string of the molecule is O=P1(O)OC[C@@H](O)[C@H](C(O)O)O1. The molecule has 1 aliphatic heterocycles. The predicted molar refractivity (Wildman–Crippen MR) is 34.9 cm³/mol. The van der Waals surface area contributed by atoms with Crippen LogP contribution in [0, 0.1) is 0 Å². The second kappa shape index (κ2) is 3.39. The summed E-state index contributed by atoms with van der Waals surface area (Å²) in [6, 6.07) is 0. The Bertz CT molecular complexity index is 204. The van der Waals surface area contributed by atoms with Gasteiger partial charge in [-0.3, -0.25) is 9.05 Å². The standard InChI is InChI=1S/C4H9O7P/c5-2-1-10-12(8,9)11-3(2)4(6)7/h2-7H,1H2,(H,8,9)/t2-,3-/m1/s1. The molecule has 1 saturated heterocycles. The van der Waals surface area contributed by atoms with E-state index in [-0.39, 0.29) is 0 Å². The third-order valence-electron chi connectivity index (χ3n) is 1.34. The van der Waals surface area contributed by atoms with Crippen LogP contribution in [0.2, 0.25) is 0 Å². The Kier molecular flexibility index (Phi) is 2.84. The molecule has 0 bridgehead atoms. The minimum atomic E-state index is -4.21. The molecule has 12 heavy (non-hydrogen) atoms. The molecule has 0 aliphatic carbocycles. The van der Waals surface area contributed by atoms with Gasteiger partial charge in [-0.2, -0.15) is 0 Å². The molecule has 8 heteroatoms. The quantitative estimate of drug-likeness (QED) is 0.290. The van der Waals surface area contributed by atoms with E-state index in [1.807, 2.05) is 0 Å². The summed E-state index contributed by atoms with van der Waals surface area (Å²) in [6.07, 6.45) is -4.84. The van der Waals surface area contributed by atoms with Crippen molar-refractivity contribution in [2.24, 2.45) is 0 Å². The molecule has 7 nitrogen and oxygen atoms in total. The van der Waals surface area contributed by atoms with Crippen LogP contribution < -0.4 is 0 Å². The van der Waals surface area contributed by atoms with Crippen molar-refractivity contribution < 1.29 is 33.8 Å². The highest BCUT2D eigenvalue weighted by Gasteiger charge is 2.40. The molecule has 0 amide bonds. The van der Waals surface area contributed by atoms with Crippen molar-refractivity contribution in [2.45, 2.75) is 18.5 Å². The van der Waals surface area contributed by atoms with Crippen LogP contribution >= 0.6 is 7.82 Å². The van der Waals surface area contributed by atoms with Gasteiger partial charge in [-0.25, -0.2) is 4.57 Å². The fourth-order valence-electron chi connectivity index (χ4n) is 0.773. The second-order valence-corrected chi connectivity index (χ2v) is 3.72. The molecule has 1 aliphatic rings. The maximum Gasteiger partial charge on any atom is 0.472 e. The fourth-order valence-corrected chi connectivity index (χ4v) is 1.73. The molecule has 1 rings (SSSR count). The van der Waals surface area contributed by atoms with Crippen LogP contribution in [0.4, 0.5) is 0 Å². The molecule has 0 radical (unpaired) electrons. The van der Waals surface area contributed by atoms with E-state index in [0.29, 0.717) is 0 Å². The molecular weight excluding hydrogens is 191 g/mol. The Morgan fingerprint density at radius 1 is 1.50 bits per heavy atom. The van der Waals surface area contributed by atoms with Gasteiger partial charge in [0.2, 0.25) is 0 Å². The summed E-state index contributed by atoms with van der Waals surface area (Å²) in [5.74, 6) is 0. The summed E-state index contributed by atoms with van der Waals surface area (Å²) in [5, 5.41) is 26.1. The number of rotatable bonds is 1. The molecule has 0 spiro atoms. The molecule has 72 valence electrons. The first-order chi connectivity index (χ1) is 5.42. The third-order valence-corrected chi connectivity index (χ3v) is 2.32. The number of phosphoric ester groups is 1. The van der Waals surface area contributed by atoms with Crippen LogP contribution in [0.5, 0.6) is 0 Å². The Hall–Kier alpha value is -0.0100. The van der Waals surface area contributed by atoms with Crippen molar-refractivity contribution in [1.29, 1.82) is 0 Å². The first-order valence-electron chi connectivity index (χ1n) is 3.12. The lowest BCUT2D eigenvalue weighted by molar-refractivity contribution is -0.175. The maximum absolute atomic E-state index is 10.7. The molecule has 0 aromatic carbocycles. The van der Waals surface area contributed by atoms with Crippen LogP contribution in [0.25, 0.3) is 0 Å². The van der Waals surface area contributed by atoms with E-state index in [1.54, 1.807) is 0 Å². The van der Waals surface area contributed by atoms with Gasteiger partial charge >= 0.3 is 7.82 Å². The van der Waals surface area contributed by atoms with Crippen molar-refractivity contribution in [3.05, 3.63) is 0 Å². The van der Waals surface area contributed by atoms with E-state index < -0.39 is 32.9 Å². The van der Waals surface area contributed by atoms with Gasteiger partial charge in [0.15, 0.2) is 6.29 Å². The summed E-state index contributed by atoms with van der Waals surface area (Å²) in [7, 11) is -4.21. The molecule has 1 heterocycles. The van der Waals surface area contributed by atoms with Gasteiger partial charge in [0, 0.05) is 0 Å². The first kappa shape index (κ1) is 10.1. The van der Waals surface area contributed by atoms with E-state index in [0.717, 1.165) is 0 Å². The Balaban J connectivity index is 2.66. The molecule has 4 N–H and O–H groups in total. The molecule has 1 unspecified atom stereocenters. The van der Waals surface area contributed by atoms with Crippen molar-refractivity contribution >= 4 is 7.82 Å². The largest absolute Gasteiger partial charge is 0.472 e. The fraction of sp³-hybridized carbons (Fsp3) is 1.00. The van der Waals surface area contributed by atoms with E-state index in [1.165, 1.54) is 0 Å². The van der Waals surface area contributed by atoms with Gasteiger partial charge in [-0.15, -0.1) is 0 Å². The first-order valence-corrected chi connectivity index (χ1v) is 4.62. The molecule has 3 atom stereocenters. The Labute approximate surface area is 67.8 Å². The molecule has 0 saturated carbocycles. The maximum atomic E-state index is 10.7. The molecule has 1 fully saturated rings. The average Bonchev–Trinajstić information content (AvgIpc) is 1.94. The van der Waals surface area contributed by atoms with Gasteiger partial charge in [0.25, 0.3) is 0 Å². The second-order valence-electron chi connectivity index (χ2n) is 2.32. The number of hydrogen-bond donors (Lipinski definition) is 4. The lowest BCUT2D eigenvalue weighted by atomic mass is 10.2. The highest BCUT2D eigenvalue weighted by molar-refractivity contribution is 7.47. The highest BCUT2D eigenvalue weighted by Crippen LogP contribution is 2.48. The Morgan fingerprint density at radius 2 is 2.08 bits per heavy atom. The van der Waals surface area contributed by atoms with E-state index >= 15 is 0 Å². The summed E-state index contributed by atoms with van der Waals surface area (Å²) in [4.78, 5) is 8.69. The third kappa shape index (κ3) is 2.24. The van der Waals surface area contributed by atoms with Crippen molar-refractivity contribution in [1.82, 2.24) is 0 Å². The summed E-state index contributed by atoms with van der Waals surface area (Å²) >= 11 is 0. The van der Waals surface area contributed by atoms with E-state index in [4.69, 9.17) is 20.2 Å². The molecular formula is C4H9O7P. The topological polar surface area (TPSA) is 116 Å². The minimum absolute atomic E-state index is 0.462. The van der Waals surface area contributed by atoms with Gasteiger partial charge in [-0.1, -0.05) is 0 Å². The normalized spacial score (nSPS) is 43.4. The lowest BCUT2D eigenvalue weighted by Crippen LogP contribution is -2.44. The van der Waals surface area contributed by atoms with Crippen LogP contribution in [0.15, 0.2) is 0 Å². The number of aliphatic hydroxyl groups is 3. The zero-order valence-corrected chi connectivity index (χ0v) is 6.79. The summed E-state index contributed by atoms with van der Waals surface area (Å²) in [5.41, 5.74) is 0. The average molecular weight is 200 g/mol. The predicted octanol–water partition coefficient (Wildman–Crippen LogP) is -1.83. The van der Waals surface area contributed by atoms with Crippen LogP contribution in [-0.4, -0.2) is 45.3 Å². The number of phosphoric acid groups is 1. The van der Waals surface area contributed by atoms with Crippen LogP contribution in [-0.2, 0) is 13.6 Å². The lowest BCUT2D eigenvalue weighted by Gasteiger charge is -2.30. The van der Waals surface area contributed by atoms with Crippen LogP contribution in [0.1, 0.15) is 0 Å². The number of hydrogen-bond acceptors (Lipinski definition) is 6. The Morgan fingerprint density at radius 3 is 2.50 bits per heavy atom. The van der Waals surface area contributed by atoms with E-state index in [9.17, 15) is 4.57 Å². The van der Waals surface area contributed by atoms with Gasteiger partial charge < -0.3 is 20.2 Å².